The number of fused-ring (bicyclic) bond motifs is 1. The van der Waals surface area contributed by atoms with Crippen LogP contribution in [0.25, 0.3) is 27.8 Å². The van der Waals surface area contributed by atoms with E-state index >= 15 is 0 Å². The third-order valence-corrected chi connectivity index (χ3v) is 5.02. The van der Waals surface area contributed by atoms with Gasteiger partial charge in [0.05, 0.1) is 11.3 Å². The van der Waals surface area contributed by atoms with Crippen LogP contribution in [-0.2, 0) is 6.42 Å². The molecule has 0 saturated carbocycles. The Bertz CT molecular complexity index is 1270. The van der Waals surface area contributed by atoms with Gasteiger partial charge in [0, 0.05) is 25.5 Å². The van der Waals surface area contributed by atoms with Crippen LogP contribution >= 0.6 is 0 Å². The number of carbonyl (C=O) groups is 1. The first-order valence-corrected chi connectivity index (χ1v) is 9.78. The first kappa shape index (κ1) is 20.2. The van der Waals surface area contributed by atoms with Crippen molar-refractivity contribution in [3.05, 3.63) is 60.2 Å². The third-order valence-electron chi connectivity index (χ3n) is 5.02. The summed E-state index contributed by atoms with van der Waals surface area (Å²) >= 11 is 0. The average Bonchev–Trinajstić information content (AvgIpc) is 3.14. The zero-order chi connectivity index (χ0) is 22.1. The minimum atomic E-state index is -0.543. The van der Waals surface area contributed by atoms with Gasteiger partial charge in [0.25, 0.3) is 0 Å². The predicted molar refractivity (Wildman–Crippen MR) is 117 cm³/mol. The lowest BCUT2D eigenvalue weighted by Crippen LogP contribution is -2.25. The Labute approximate surface area is 179 Å². The maximum Gasteiger partial charge on any atom is 0.414 e. The van der Waals surface area contributed by atoms with Gasteiger partial charge in [-0.1, -0.05) is 48.4 Å². The van der Waals surface area contributed by atoms with Crippen molar-refractivity contribution in [2.24, 2.45) is 0 Å². The van der Waals surface area contributed by atoms with Gasteiger partial charge in [0.15, 0.2) is 5.82 Å². The van der Waals surface area contributed by atoms with E-state index in [-0.39, 0.29) is 23.3 Å². The topological polar surface area (TPSA) is 101 Å². The van der Waals surface area contributed by atoms with Gasteiger partial charge in [-0.05, 0) is 29.5 Å². The van der Waals surface area contributed by atoms with E-state index in [1.807, 2.05) is 49.4 Å². The summed E-state index contributed by atoms with van der Waals surface area (Å²) in [4.78, 5) is 13.3. The first-order chi connectivity index (χ1) is 14.9. The summed E-state index contributed by atoms with van der Waals surface area (Å²) in [5.41, 5.74) is 1.74. The fourth-order valence-electron chi connectivity index (χ4n) is 3.43. The lowest BCUT2D eigenvalue weighted by atomic mass is 10.0. The minimum absolute atomic E-state index is 0.146. The predicted octanol–water partition coefficient (Wildman–Crippen LogP) is 4.12. The number of ether oxygens (including phenoxy) is 1. The minimum Gasteiger partial charge on any atom is -0.507 e. The molecule has 1 amide bonds. The highest BCUT2D eigenvalue weighted by Crippen LogP contribution is 2.38. The van der Waals surface area contributed by atoms with Crippen molar-refractivity contribution >= 4 is 16.9 Å². The maximum absolute atomic E-state index is 12.0. The number of phenols is 1. The van der Waals surface area contributed by atoms with Crippen molar-refractivity contribution in [3.8, 4) is 34.6 Å². The summed E-state index contributed by atoms with van der Waals surface area (Å²) in [5.74, 6) is 0.391. The monoisotopic (exact) mass is 418 g/mol. The number of hydrogen-bond acceptors (Lipinski definition) is 6. The van der Waals surface area contributed by atoms with Crippen molar-refractivity contribution in [1.29, 1.82) is 0 Å². The van der Waals surface area contributed by atoms with Gasteiger partial charge in [0.2, 0.25) is 0 Å². The van der Waals surface area contributed by atoms with Gasteiger partial charge < -0.3 is 19.8 Å². The molecule has 0 aliphatic carbocycles. The number of carbonyl (C=O) groups excluding carboxylic acids is 1. The Kier molecular flexibility index (Phi) is 5.21. The summed E-state index contributed by atoms with van der Waals surface area (Å²) in [6.07, 6.45) is 0.0101. The second-order valence-corrected chi connectivity index (χ2v) is 7.25. The lowest BCUT2D eigenvalue weighted by Gasteiger charge is -2.16. The van der Waals surface area contributed by atoms with Crippen LogP contribution in [0, 0.1) is 0 Å². The van der Waals surface area contributed by atoms with Gasteiger partial charge in [0.1, 0.15) is 11.5 Å². The summed E-state index contributed by atoms with van der Waals surface area (Å²) < 4.78 is 6.87. The molecule has 158 valence electrons. The number of rotatable bonds is 4. The molecule has 1 aromatic heterocycles. The second-order valence-electron chi connectivity index (χ2n) is 7.25. The van der Waals surface area contributed by atoms with E-state index in [1.165, 1.54) is 15.5 Å². The molecule has 0 aliphatic rings. The van der Waals surface area contributed by atoms with Crippen LogP contribution in [-0.4, -0.2) is 50.1 Å². The molecule has 2 N–H and O–H groups in total. The van der Waals surface area contributed by atoms with E-state index in [4.69, 9.17) is 4.74 Å². The fraction of sp³-hybridized carbons (Fsp3) is 0.174. The van der Waals surface area contributed by atoms with E-state index in [0.29, 0.717) is 23.2 Å². The van der Waals surface area contributed by atoms with Gasteiger partial charge in [-0.15, -0.1) is 5.10 Å². The number of aromatic nitrogens is 3. The standard InChI is InChI=1S/C23H22N4O4/c1-4-14-12-17(19(28)13-20(14)31-23(30)26(2)3)21-24-25-22(29)27(21)18-11-7-9-15-8-5-6-10-16(15)18/h5-13,28H,4H2,1-3H3,(H,25,29). The molecule has 0 saturated heterocycles. The molecule has 8 nitrogen and oxygen atoms in total. The summed E-state index contributed by atoms with van der Waals surface area (Å²) in [6, 6.07) is 16.2. The Balaban J connectivity index is 1.88. The number of phenolic OH excluding ortho intramolecular Hbond substituents is 1. The molecule has 0 atom stereocenters. The number of amides is 1. The molecule has 0 unspecified atom stereocenters. The highest BCUT2D eigenvalue weighted by molar-refractivity contribution is 5.91. The van der Waals surface area contributed by atoms with E-state index in [2.05, 4.69) is 10.2 Å². The Morgan fingerprint density at radius 1 is 1.06 bits per heavy atom. The Hall–Kier alpha value is -4.07. The summed E-state index contributed by atoms with van der Waals surface area (Å²) in [7, 11) is 3.16. The van der Waals surface area contributed by atoms with Gasteiger partial charge in [-0.2, -0.15) is 0 Å². The highest BCUT2D eigenvalue weighted by atomic mass is 16.6. The van der Waals surface area contributed by atoms with Crippen LogP contribution < -0.4 is 4.74 Å². The van der Waals surface area contributed by atoms with E-state index < -0.39 is 6.09 Å². The van der Waals surface area contributed by atoms with Crippen molar-refractivity contribution in [2.45, 2.75) is 13.3 Å². The van der Waals surface area contributed by atoms with Crippen molar-refractivity contribution < 1.29 is 19.7 Å². The zero-order valence-corrected chi connectivity index (χ0v) is 17.4. The fourth-order valence-corrected chi connectivity index (χ4v) is 3.43. The first-order valence-electron chi connectivity index (χ1n) is 9.78. The van der Waals surface area contributed by atoms with Crippen LogP contribution in [0.15, 0.2) is 54.6 Å². The summed E-state index contributed by atoms with van der Waals surface area (Å²) in [5, 5.41) is 31.1. The normalized spacial score (nSPS) is 10.9. The molecule has 4 rings (SSSR count). The number of benzene rings is 3. The van der Waals surface area contributed by atoms with Crippen molar-refractivity contribution in [3.63, 3.8) is 0 Å². The molecule has 0 aliphatic heterocycles. The number of aryl methyl sites for hydroxylation is 1. The molecular formula is C23H22N4O4. The summed E-state index contributed by atoms with van der Waals surface area (Å²) in [6.45, 7) is 1.91. The van der Waals surface area contributed by atoms with Gasteiger partial charge in [-0.3, -0.25) is 0 Å². The number of hydrogen-bond donors (Lipinski definition) is 2. The van der Waals surface area contributed by atoms with Crippen LogP contribution in [0.1, 0.15) is 12.5 Å². The van der Waals surface area contributed by atoms with Crippen LogP contribution in [0.4, 0.5) is 4.79 Å². The van der Waals surface area contributed by atoms with Gasteiger partial charge in [-0.25, -0.2) is 9.36 Å². The molecule has 0 radical (unpaired) electrons. The molecule has 1 heterocycles. The molecular weight excluding hydrogens is 396 g/mol. The van der Waals surface area contributed by atoms with Crippen molar-refractivity contribution in [1.82, 2.24) is 19.7 Å². The Morgan fingerprint density at radius 2 is 1.81 bits per heavy atom. The van der Waals surface area contributed by atoms with Gasteiger partial charge >= 0.3 is 12.1 Å². The van der Waals surface area contributed by atoms with E-state index in [0.717, 1.165) is 10.8 Å². The lowest BCUT2D eigenvalue weighted by molar-refractivity contribution is 0.171. The number of aromatic hydroxyl groups is 2. The SMILES string of the molecule is CCc1cc(-c2nnc(O)n2-c2cccc3ccccc23)c(O)cc1OC(=O)N(C)C. The molecule has 0 fully saturated rings. The average molecular weight is 418 g/mol. The number of nitrogens with zero attached hydrogens (tertiary/aromatic N) is 4. The smallest absolute Gasteiger partial charge is 0.414 e. The molecule has 8 heteroatoms. The van der Waals surface area contributed by atoms with Crippen molar-refractivity contribution in [2.75, 3.05) is 14.1 Å². The van der Waals surface area contributed by atoms with Crippen LogP contribution in [0.5, 0.6) is 17.5 Å². The second kappa shape index (κ2) is 7.98. The Morgan fingerprint density at radius 3 is 2.55 bits per heavy atom. The molecule has 0 spiro atoms. The van der Waals surface area contributed by atoms with E-state index in [1.54, 1.807) is 20.2 Å². The van der Waals surface area contributed by atoms with Crippen LogP contribution in [0.2, 0.25) is 0 Å². The molecule has 31 heavy (non-hydrogen) atoms. The maximum atomic E-state index is 12.0. The van der Waals surface area contributed by atoms with E-state index in [9.17, 15) is 15.0 Å². The zero-order valence-electron chi connectivity index (χ0n) is 17.4. The van der Waals surface area contributed by atoms with Crippen LogP contribution in [0.3, 0.4) is 0 Å². The molecule has 4 aromatic rings. The quantitative estimate of drug-likeness (QED) is 0.517. The largest absolute Gasteiger partial charge is 0.507 e. The molecule has 3 aromatic carbocycles. The highest BCUT2D eigenvalue weighted by Gasteiger charge is 2.22. The third kappa shape index (κ3) is 3.63. The molecule has 0 bridgehead atoms.